The number of fused-ring (bicyclic) bond motifs is 3. The SMILES string of the molecule is CCCCC(CC)COc1c2cc(-c3sc(C)c4sc(C(=O)OCCCCCCCCC(=O)O)c(C#N)c34)sc2c(OCC(CC)CCCC)c2cc(C)sc12. The van der Waals surface area contributed by atoms with Gasteiger partial charge in [-0.3, -0.25) is 4.79 Å². The molecule has 0 bridgehead atoms. The Kier molecular flexibility index (Phi) is 16.9. The van der Waals surface area contributed by atoms with Crippen LogP contribution in [0.15, 0.2) is 12.1 Å². The van der Waals surface area contributed by atoms with Gasteiger partial charge in [0.05, 0.1) is 44.4 Å². The minimum absolute atomic E-state index is 0.210. The molecule has 5 aromatic rings. The summed E-state index contributed by atoms with van der Waals surface area (Å²) in [4.78, 5) is 28.9. The van der Waals surface area contributed by atoms with Crippen molar-refractivity contribution in [1.82, 2.24) is 0 Å². The van der Waals surface area contributed by atoms with Crippen LogP contribution in [0.2, 0.25) is 0 Å². The Hall–Kier alpha value is -3.17. The molecule has 0 spiro atoms. The molecule has 56 heavy (non-hydrogen) atoms. The summed E-state index contributed by atoms with van der Waals surface area (Å²) in [7, 11) is 0. The Morgan fingerprint density at radius 3 is 1.93 bits per heavy atom. The largest absolute Gasteiger partial charge is 0.491 e. The number of carboxylic acid groups (broad SMARTS) is 1. The number of aryl methyl sites for hydroxylation is 2. The molecule has 0 aliphatic heterocycles. The van der Waals surface area contributed by atoms with E-state index in [2.05, 4.69) is 59.7 Å². The second kappa shape index (κ2) is 21.5. The molecular formula is C45H59NO6S4. The molecule has 0 aliphatic carbocycles. The number of hydrogen-bond acceptors (Lipinski definition) is 10. The van der Waals surface area contributed by atoms with Crippen LogP contribution in [-0.4, -0.2) is 36.9 Å². The van der Waals surface area contributed by atoms with Crippen LogP contribution in [0.1, 0.15) is 149 Å². The van der Waals surface area contributed by atoms with Gasteiger partial charge in [-0.05, 0) is 63.5 Å². The van der Waals surface area contributed by atoms with Crippen molar-refractivity contribution in [2.24, 2.45) is 11.8 Å². The minimum atomic E-state index is -0.752. The van der Waals surface area contributed by atoms with E-state index in [0.29, 0.717) is 48.5 Å². The van der Waals surface area contributed by atoms with E-state index >= 15 is 0 Å². The van der Waals surface area contributed by atoms with Gasteiger partial charge < -0.3 is 19.3 Å². The number of carbonyl (C=O) groups excluding carboxylic acids is 1. The number of carbonyl (C=O) groups is 2. The van der Waals surface area contributed by atoms with Gasteiger partial charge >= 0.3 is 11.9 Å². The number of unbranched alkanes of at least 4 members (excludes halogenated alkanes) is 7. The molecule has 304 valence electrons. The number of hydrogen-bond donors (Lipinski definition) is 1. The first kappa shape index (κ1) is 43.9. The van der Waals surface area contributed by atoms with Crippen LogP contribution >= 0.6 is 45.3 Å². The average molecular weight is 838 g/mol. The Balaban J connectivity index is 1.49. The number of rotatable bonds is 25. The van der Waals surface area contributed by atoms with Crippen LogP contribution in [0.5, 0.6) is 11.5 Å². The van der Waals surface area contributed by atoms with Crippen LogP contribution < -0.4 is 9.47 Å². The van der Waals surface area contributed by atoms with Crippen molar-refractivity contribution in [3.05, 3.63) is 32.3 Å². The maximum absolute atomic E-state index is 13.4. The van der Waals surface area contributed by atoms with Crippen molar-refractivity contribution in [3.63, 3.8) is 0 Å². The highest BCUT2D eigenvalue weighted by Crippen LogP contribution is 2.54. The van der Waals surface area contributed by atoms with E-state index in [0.717, 1.165) is 114 Å². The zero-order chi connectivity index (χ0) is 40.2. The van der Waals surface area contributed by atoms with Crippen molar-refractivity contribution >= 4 is 87.5 Å². The molecule has 1 aromatic carbocycles. The minimum Gasteiger partial charge on any atom is -0.491 e. The lowest BCUT2D eigenvalue weighted by molar-refractivity contribution is -0.137. The Bertz CT molecular complexity index is 2040. The number of thiophene rings is 4. The predicted octanol–water partition coefficient (Wildman–Crippen LogP) is 14.7. The standard InChI is InChI=1S/C45H59NO6S4/c1-7-11-19-30(9-3)26-51-38-32-23-28(5)53-41(32)39(52-27-31(10-4)20-12-8-2)33-24-35(55-42(33)38)44-37-34(25-46)43(56-40(37)29(6)54-44)45(49)50-22-18-16-14-13-15-17-21-36(47)48/h23-24,30-31H,7-22,26-27H2,1-6H3,(H,47,48). The van der Waals surface area contributed by atoms with E-state index in [9.17, 15) is 14.9 Å². The molecule has 4 aromatic heterocycles. The van der Waals surface area contributed by atoms with Gasteiger partial charge in [-0.2, -0.15) is 5.26 Å². The van der Waals surface area contributed by atoms with Crippen molar-refractivity contribution in [2.45, 2.75) is 138 Å². The predicted molar refractivity (Wildman–Crippen MR) is 238 cm³/mol. The maximum atomic E-state index is 13.4. The molecule has 5 rings (SSSR count). The fourth-order valence-corrected chi connectivity index (χ4v) is 12.0. The lowest BCUT2D eigenvalue weighted by atomic mass is 10.0. The van der Waals surface area contributed by atoms with Crippen molar-refractivity contribution < 1.29 is 28.9 Å². The van der Waals surface area contributed by atoms with Gasteiger partial charge in [0, 0.05) is 37.2 Å². The van der Waals surface area contributed by atoms with Crippen LogP contribution in [0, 0.1) is 37.0 Å². The first-order chi connectivity index (χ1) is 27.1. The number of benzene rings is 1. The van der Waals surface area contributed by atoms with Gasteiger partial charge in [-0.25, -0.2) is 4.79 Å². The summed E-state index contributed by atoms with van der Waals surface area (Å²) in [5, 5.41) is 22.3. The number of esters is 1. The molecule has 2 atom stereocenters. The van der Waals surface area contributed by atoms with Crippen LogP contribution in [0.25, 0.3) is 40.0 Å². The number of nitriles is 1. The van der Waals surface area contributed by atoms with E-state index in [1.165, 1.54) is 41.9 Å². The lowest BCUT2D eigenvalue weighted by Crippen LogP contribution is -2.12. The second-order valence-electron chi connectivity index (χ2n) is 15.1. The summed E-state index contributed by atoms with van der Waals surface area (Å²) in [5.41, 5.74) is 0.387. The quantitative estimate of drug-likeness (QED) is 0.0461. The maximum Gasteiger partial charge on any atom is 0.349 e. The Morgan fingerprint density at radius 1 is 0.750 bits per heavy atom. The lowest BCUT2D eigenvalue weighted by Gasteiger charge is -2.19. The Labute approximate surface area is 349 Å². The molecule has 0 saturated carbocycles. The number of ether oxygens (including phenoxy) is 3. The van der Waals surface area contributed by atoms with E-state index in [4.69, 9.17) is 19.3 Å². The van der Waals surface area contributed by atoms with Crippen molar-refractivity contribution in [1.29, 1.82) is 5.26 Å². The van der Waals surface area contributed by atoms with Crippen LogP contribution in [0.4, 0.5) is 0 Å². The molecule has 0 fully saturated rings. The Morgan fingerprint density at radius 2 is 1.34 bits per heavy atom. The summed E-state index contributed by atoms with van der Waals surface area (Å²) in [5.74, 6) is 1.62. The van der Waals surface area contributed by atoms with Gasteiger partial charge in [0.2, 0.25) is 0 Å². The molecule has 0 amide bonds. The summed E-state index contributed by atoms with van der Waals surface area (Å²) in [6.07, 6.45) is 14.6. The van der Waals surface area contributed by atoms with Gasteiger partial charge in [0.1, 0.15) is 22.4 Å². The molecule has 11 heteroatoms. The summed E-state index contributed by atoms with van der Waals surface area (Å²) >= 11 is 6.50. The zero-order valence-electron chi connectivity index (χ0n) is 34.1. The molecule has 1 N–H and O–H groups in total. The molecule has 0 saturated heterocycles. The van der Waals surface area contributed by atoms with E-state index < -0.39 is 11.9 Å². The van der Waals surface area contributed by atoms with E-state index in [-0.39, 0.29) is 6.42 Å². The first-order valence-corrected chi connectivity index (χ1v) is 24.0. The van der Waals surface area contributed by atoms with Gasteiger partial charge in [-0.1, -0.05) is 91.9 Å². The molecule has 7 nitrogen and oxygen atoms in total. The van der Waals surface area contributed by atoms with Crippen LogP contribution in [-0.2, 0) is 9.53 Å². The highest BCUT2D eigenvalue weighted by Gasteiger charge is 2.28. The fraction of sp³-hybridized carbons (Fsp3) is 0.578. The van der Waals surface area contributed by atoms with E-state index in [1.54, 1.807) is 34.0 Å². The molecular weight excluding hydrogens is 779 g/mol. The summed E-state index contributed by atoms with van der Waals surface area (Å²) in [6.45, 7) is 14.8. The number of aliphatic carboxylic acids is 1. The molecule has 0 radical (unpaired) electrons. The highest BCUT2D eigenvalue weighted by molar-refractivity contribution is 7.30. The molecule has 4 heterocycles. The first-order valence-electron chi connectivity index (χ1n) is 20.8. The second-order valence-corrected chi connectivity index (χ2v) is 19.6. The van der Waals surface area contributed by atoms with E-state index in [1.807, 2.05) is 0 Å². The van der Waals surface area contributed by atoms with Gasteiger partial charge in [0.25, 0.3) is 0 Å². The molecule has 0 aliphatic rings. The highest BCUT2D eigenvalue weighted by atomic mass is 32.1. The molecule has 2 unspecified atom stereocenters. The topological polar surface area (TPSA) is 106 Å². The van der Waals surface area contributed by atoms with Crippen molar-refractivity contribution in [3.8, 4) is 27.3 Å². The number of carboxylic acids is 1. The summed E-state index contributed by atoms with van der Waals surface area (Å²) in [6, 6.07) is 6.88. The third kappa shape index (κ3) is 10.7. The zero-order valence-corrected chi connectivity index (χ0v) is 37.4. The van der Waals surface area contributed by atoms with Gasteiger partial charge in [0.15, 0.2) is 0 Å². The number of nitrogens with zero attached hydrogens (tertiary/aromatic N) is 1. The third-order valence-corrected chi connectivity index (χ3v) is 15.6. The van der Waals surface area contributed by atoms with Crippen molar-refractivity contribution in [2.75, 3.05) is 19.8 Å². The normalized spacial score (nSPS) is 12.7. The van der Waals surface area contributed by atoms with Gasteiger partial charge in [-0.15, -0.1) is 45.3 Å². The summed E-state index contributed by atoms with van der Waals surface area (Å²) < 4.78 is 22.7. The monoisotopic (exact) mass is 837 g/mol. The van der Waals surface area contributed by atoms with Crippen LogP contribution in [0.3, 0.4) is 0 Å². The third-order valence-electron chi connectivity index (χ3n) is 10.8. The smallest absolute Gasteiger partial charge is 0.349 e. The average Bonchev–Trinajstić information content (AvgIpc) is 3.97. The fourth-order valence-electron chi connectivity index (χ4n) is 7.31.